The Kier molecular flexibility index (Phi) is 8.40. The number of carbonyl (C=O) groups excluding carboxylic acids is 1. The van der Waals surface area contributed by atoms with Crippen LogP contribution in [0.2, 0.25) is 0 Å². The van der Waals surface area contributed by atoms with Crippen molar-refractivity contribution in [2.75, 3.05) is 64.3 Å². The Morgan fingerprint density at radius 3 is 2.51 bits per heavy atom. The van der Waals surface area contributed by atoms with E-state index >= 15 is 0 Å². The zero-order valence-electron chi connectivity index (χ0n) is 21.3. The van der Waals surface area contributed by atoms with Gasteiger partial charge >= 0.3 is 0 Å². The number of rotatable bonds is 8. The average Bonchev–Trinajstić information content (AvgIpc) is 3.39. The molecular formula is C27H35N7O2S. The molecule has 2 aromatic heterocycles. The van der Waals surface area contributed by atoms with Crippen LogP contribution in [0, 0.1) is 6.92 Å². The predicted octanol–water partition coefficient (Wildman–Crippen LogP) is 2.97. The molecule has 0 bridgehead atoms. The molecule has 37 heavy (non-hydrogen) atoms. The van der Waals surface area contributed by atoms with Gasteiger partial charge in [0.1, 0.15) is 11.6 Å². The van der Waals surface area contributed by atoms with Crippen LogP contribution in [0.15, 0.2) is 42.6 Å². The number of piperidine rings is 1. The number of benzene rings is 1. The molecule has 1 amide bonds. The molecule has 2 aliphatic heterocycles. The summed E-state index contributed by atoms with van der Waals surface area (Å²) in [6.45, 7) is 8.42. The first-order valence-corrected chi connectivity index (χ1v) is 13.9. The van der Waals surface area contributed by atoms with Gasteiger partial charge in [0.25, 0.3) is 0 Å². The number of piperazine rings is 1. The van der Waals surface area contributed by atoms with E-state index in [1.807, 2.05) is 42.3 Å². The Bertz CT molecular complexity index is 1170. The minimum atomic E-state index is 0.191. The third-order valence-corrected chi connectivity index (χ3v) is 8.09. The summed E-state index contributed by atoms with van der Waals surface area (Å²) < 4.78 is 0. The molecule has 0 saturated carbocycles. The minimum Gasteiger partial charge on any atom is -0.395 e. The van der Waals surface area contributed by atoms with Gasteiger partial charge in [0.2, 0.25) is 5.91 Å². The molecule has 0 spiro atoms. The van der Waals surface area contributed by atoms with Crippen molar-refractivity contribution in [2.45, 2.75) is 25.7 Å². The fraction of sp³-hybridized carbons (Fsp3) is 0.481. The van der Waals surface area contributed by atoms with E-state index in [1.165, 1.54) is 0 Å². The molecule has 2 aliphatic rings. The molecule has 2 fully saturated rings. The smallest absolute Gasteiger partial charge is 0.236 e. The monoisotopic (exact) mass is 521 g/mol. The lowest BCUT2D eigenvalue weighted by atomic mass is 9.95. The zero-order valence-corrected chi connectivity index (χ0v) is 22.2. The number of hydrogen-bond acceptors (Lipinski definition) is 9. The number of aromatic nitrogens is 3. The van der Waals surface area contributed by atoms with Gasteiger partial charge < -0.3 is 15.3 Å². The van der Waals surface area contributed by atoms with Crippen molar-refractivity contribution >= 4 is 28.2 Å². The zero-order chi connectivity index (χ0) is 25.6. The van der Waals surface area contributed by atoms with E-state index in [1.54, 1.807) is 11.3 Å². The van der Waals surface area contributed by atoms with Crippen molar-refractivity contribution in [2.24, 2.45) is 0 Å². The number of anilines is 2. The molecule has 196 valence electrons. The number of β-amino-alcohol motifs (C(OH)–C–C–N with tert-alkyl or cyclic N) is 1. The number of hydrogen-bond donors (Lipinski definition) is 2. The van der Waals surface area contributed by atoms with Gasteiger partial charge in [-0.1, -0.05) is 41.7 Å². The van der Waals surface area contributed by atoms with E-state index in [0.29, 0.717) is 13.1 Å². The lowest BCUT2D eigenvalue weighted by molar-refractivity contribution is -0.134. The molecule has 3 aromatic rings. The van der Waals surface area contributed by atoms with Crippen LogP contribution in [0.1, 0.15) is 30.3 Å². The van der Waals surface area contributed by atoms with Crippen LogP contribution in [0.5, 0.6) is 0 Å². The Labute approximate surface area is 222 Å². The SMILES string of the molecule is Cc1cc(Nc2ncc(-c3ccccc3)s2)nc(C2CCN(C(=O)CN3CCN(CCO)CC3)CC2)n1. The first-order chi connectivity index (χ1) is 18.1. The summed E-state index contributed by atoms with van der Waals surface area (Å²) in [7, 11) is 0. The number of aliphatic hydroxyl groups excluding tert-OH is 1. The molecule has 2 N–H and O–H groups in total. The fourth-order valence-corrected chi connectivity index (χ4v) is 5.83. The van der Waals surface area contributed by atoms with Crippen LogP contribution in [0.25, 0.3) is 10.4 Å². The molecule has 10 heteroatoms. The van der Waals surface area contributed by atoms with Crippen molar-refractivity contribution < 1.29 is 9.90 Å². The number of nitrogens with one attached hydrogen (secondary N) is 1. The molecule has 9 nitrogen and oxygen atoms in total. The second-order valence-corrected chi connectivity index (χ2v) is 10.8. The van der Waals surface area contributed by atoms with E-state index in [0.717, 1.165) is 85.0 Å². The number of likely N-dealkylation sites (tertiary alicyclic amines) is 1. The van der Waals surface area contributed by atoms with Gasteiger partial charge in [-0.15, -0.1) is 0 Å². The van der Waals surface area contributed by atoms with E-state index in [2.05, 4.69) is 32.2 Å². The highest BCUT2D eigenvalue weighted by atomic mass is 32.1. The van der Waals surface area contributed by atoms with Crippen LogP contribution < -0.4 is 5.32 Å². The molecular weight excluding hydrogens is 486 g/mol. The van der Waals surface area contributed by atoms with Gasteiger partial charge in [-0.05, 0) is 25.3 Å². The third-order valence-electron chi connectivity index (χ3n) is 7.12. The van der Waals surface area contributed by atoms with E-state index < -0.39 is 0 Å². The van der Waals surface area contributed by atoms with Crippen LogP contribution in [0.3, 0.4) is 0 Å². The van der Waals surface area contributed by atoms with Crippen molar-refractivity contribution in [3.8, 4) is 10.4 Å². The van der Waals surface area contributed by atoms with Crippen molar-refractivity contribution in [3.05, 3.63) is 54.1 Å². The first-order valence-electron chi connectivity index (χ1n) is 13.0. The van der Waals surface area contributed by atoms with Gasteiger partial charge in [0, 0.05) is 69.7 Å². The molecule has 2 saturated heterocycles. The first kappa shape index (κ1) is 25.7. The Balaban J connectivity index is 1.14. The van der Waals surface area contributed by atoms with Crippen molar-refractivity contribution in [1.29, 1.82) is 0 Å². The van der Waals surface area contributed by atoms with Crippen LogP contribution in [0.4, 0.5) is 10.9 Å². The van der Waals surface area contributed by atoms with Crippen molar-refractivity contribution in [3.63, 3.8) is 0 Å². The number of nitrogens with zero attached hydrogens (tertiary/aromatic N) is 6. The molecule has 0 aliphatic carbocycles. The van der Waals surface area contributed by atoms with E-state index in [9.17, 15) is 4.79 Å². The normalized spacial score (nSPS) is 17.7. The van der Waals surface area contributed by atoms with Crippen LogP contribution in [-0.2, 0) is 4.79 Å². The largest absolute Gasteiger partial charge is 0.395 e. The summed E-state index contributed by atoms with van der Waals surface area (Å²) >= 11 is 1.60. The molecule has 4 heterocycles. The summed E-state index contributed by atoms with van der Waals surface area (Å²) in [5, 5.41) is 13.3. The summed E-state index contributed by atoms with van der Waals surface area (Å²) in [4.78, 5) is 34.6. The van der Waals surface area contributed by atoms with Crippen LogP contribution in [-0.4, -0.2) is 99.6 Å². The summed E-state index contributed by atoms with van der Waals surface area (Å²) in [5.41, 5.74) is 2.07. The second-order valence-electron chi connectivity index (χ2n) is 9.77. The fourth-order valence-electron chi connectivity index (χ4n) is 5.01. The molecule has 5 rings (SSSR count). The Morgan fingerprint density at radius 2 is 1.78 bits per heavy atom. The quantitative estimate of drug-likeness (QED) is 0.467. The van der Waals surface area contributed by atoms with Gasteiger partial charge in [0.05, 0.1) is 18.0 Å². The topological polar surface area (TPSA) is 97.7 Å². The van der Waals surface area contributed by atoms with Crippen LogP contribution >= 0.6 is 11.3 Å². The summed E-state index contributed by atoms with van der Waals surface area (Å²) in [6.07, 6.45) is 3.63. The van der Waals surface area contributed by atoms with Gasteiger partial charge in [-0.3, -0.25) is 14.6 Å². The van der Waals surface area contributed by atoms with E-state index in [-0.39, 0.29) is 18.4 Å². The number of carbonyl (C=O) groups is 1. The number of amides is 1. The third kappa shape index (κ3) is 6.70. The van der Waals surface area contributed by atoms with Gasteiger partial charge in [-0.2, -0.15) is 0 Å². The maximum Gasteiger partial charge on any atom is 0.236 e. The summed E-state index contributed by atoms with van der Waals surface area (Å²) in [6, 6.07) is 12.2. The van der Waals surface area contributed by atoms with Crippen molar-refractivity contribution in [1.82, 2.24) is 29.7 Å². The molecule has 1 aromatic carbocycles. The lowest BCUT2D eigenvalue weighted by Crippen LogP contribution is -2.51. The predicted molar refractivity (Wildman–Crippen MR) is 146 cm³/mol. The van der Waals surface area contributed by atoms with Gasteiger partial charge in [0.15, 0.2) is 5.13 Å². The molecule has 0 unspecified atom stereocenters. The maximum atomic E-state index is 12.9. The highest BCUT2D eigenvalue weighted by Crippen LogP contribution is 2.31. The minimum absolute atomic E-state index is 0.191. The standard InChI is InChI=1S/C27H35N7O2S/c1-20-17-24(31-27-28-18-23(37-27)21-5-3-2-4-6-21)30-26(29-20)22-7-9-34(10-8-22)25(36)19-33-13-11-32(12-14-33)15-16-35/h2-6,17-18,22,35H,7-16,19H2,1H3,(H,28,29,30,31). The number of aryl methyl sites for hydroxylation is 1. The highest BCUT2D eigenvalue weighted by Gasteiger charge is 2.28. The van der Waals surface area contributed by atoms with Gasteiger partial charge in [-0.25, -0.2) is 15.0 Å². The average molecular weight is 522 g/mol. The number of aliphatic hydroxyl groups is 1. The Hall–Kier alpha value is -2.92. The van der Waals surface area contributed by atoms with E-state index in [4.69, 9.17) is 15.1 Å². The summed E-state index contributed by atoms with van der Waals surface area (Å²) in [5.74, 6) is 2.05. The maximum absolute atomic E-state index is 12.9. The number of thiazole rings is 1. The highest BCUT2D eigenvalue weighted by molar-refractivity contribution is 7.18. The Morgan fingerprint density at radius 1 is 1.05 bits per heavy atom. The lowest BCUT2D eigenvalue weighted by Gasteiger charge is -2.36. The second kappa shape index (κ2) is 12.1. The molecule has 0 radical (unpaired) electrons. The molecule has 0 atom stereocenters.